The molecule has 15 heavy (non-hydrogen) atoms. The Morgan fingerprint density at radius 1 is 1.40 bits per heavy atom. The summed E-state index contributed by atoms with van der Waals surface area (Å²) >= 11 is 0. The largest absolute Gasteiger partial charge is 0.388 e. The highest BCUT2D eigenvalue weighted by molar-refractivity contribution is 7.92. The number of benzene rings is 1. The van der Waals surface area contributed by atoms with Crippen LogP contribution in [0.3, 0.4) is 0 Å². The van der Waals surface area contributed by atoms with Gasteiger partial charge in [0.1, 0.15) is 0 Å². The Morgan fingerprint density at radius 2 is 2.13 bits per heavy atom. The summed E-state index contributed by atoms with van der Waals surface area (Å²) in [4.78, 5) is 0. The van der Waals surface area contributed by atoms with E-state index in [9.17, 15) is 8.42 Å². The fourth-order valence-electron chi connectivity index (χ4n) is 1.88. The third kappa shape index (κ3) is 1.56. The SMILES string of the molecule is CNc1cccc2c1CCS(=O)(=O)N2C. The number of hydrogen-bond donors (Lipinski definition) is 1. The minimum atomic E-state index is -3.09. The Morgan fingerprint density at radius 3 is 2.80 bits per heavy atom. The third-order valence-electron chi connectivity index (χ3n) is 2.79. The van der Waals surface area contributed by atoms with Crippen molar-refractivity contribution in [1.29, 1.82) is 0 Å². The number of rotatable bonds is 1. The highest BCUT2D eigenvalue weighted by atomic mass is 32.2. The molecule has 82 valence electrons. The predicted molar refractivity (Wildman–Crippen MR) is 61.9 cm³/mol. The Kier molecular flexibility index (Phi) is 2.34. The maximum Gasteiger partial charge on any atom is 0.235 e. The van der Waals surface area contributed by atoms with Gasteiger partial charge in [0.25, 0.3) is 0 Å². The van der Waals surface area contributed by atoms with E-state index in [1.165, 1.54) is 4.31 Å². The van der Waals surface area contributed by atoms with Gasteiger partial charge in [-0.3, -0.25) is 4.31 Å². The molecule has 0 fully saturated rings. The normalized spacial score (nSPS) is 18.4. The molecular formula is C10H14N2O2S. The van der Waals surface area contributed by atoms with Gasteiger partial charge in [-0.2, -0.15) is 0 Å². The van der Waals surface area contributed by atoms with Gasteiger partial charge in [0.05, 0.1) is 11.4 Å². The standard InChI is InChI=1S/C10H14N2O2S/c1-11-9-4-3-5-10-8(9)6-7-15(13,14)12(10)2/h3-5,11H,6-7H2,1-2H3. The zero-order valence-electron chi connectivity index (χ0n) is 8.82. The van der Waals surface area contributed by atoms with Gasteiger partial charge in [-0.1, -0.05) is 6.07 Å². The minimum absolute atomic E-state index is 0.190. The van der Waals surface area contributed by atoms with Crippen molar-refractivity contribution in [2.24, 2.45) is 0 Å². The van der Waals surface area contributed by atoms with Crippen LogP contribution in [0.25, 0.3) is 0 Å². The number of hydrogen-bond acceptors (Lipinski definition) is 3. The van der Waals surface area contributed by atoms with E-state index in [0.29, 0.717) is 6.42 Å². The van der Waals surface area contributed by atoms with E-state index in [-0.39, 0.29) is 5.75 Å². The van der Waals surface area contributed by atoms with Gasteiger partial charge in [-0.05, 0) is 18.6 Å². The lowest BCUT2D eigenvalue weighted by Crippen LogP contribution is -2.34. The number of anilines is 2. The number of fused-ring (bicyclic) bond motifs is 1. The van der Waals surface area contributed by atoms with E-state index >= 15 is 0 Å². The van der Waals surface area contributed by atoms with Crippen LogP contribution in [-0.2, 0) is 16.4 Å². The maximum absolute atomic E-state index is 11.6. The Hall–Kier alpha value is -1.23. The van der Waals surface area contributed by atoms with Gasteiger partial charge in [0, 0.05) is 25.3 Å². The van der Waals surface area contributed by atoms with Crippen LogP contribution < -0.4 is 9.62 Å². The summed E-state index contributed by atoms with van der Waals surface area (Å²) in [5.41, 5.74) is 2.87. The molecule has 1 N–H and O–H groups in total. The van der Waals surface area contributed by atoms with Crippen molar-refractivity contribution in [1.82, 2.24) is 0 Å². The predicted octanol–water partition coefficient (Wildman–Crippen LogP) is 1.05. The molecule has 0 aliphatic carbocycles. The molecule has 2 rings (SSSR count). The Balaban J connectivity index is 2.59. The van der Waals surface area contributed by atoms with Crippen LogP contribution >= 0.6 is 0 Å². The molecule has 4 nitrogen and oxygen atoms in total. The van der Waals surface area contributed by atoms with E-state index in [0.717, 1.165) is 16.9 Å². The molecule has 1 aromatic rings. The summed E-state index contributed by atoms with van der Waals surface area (Å²) in [6.07, 6.45) is 0.582. The van der Waals surface area contributed by atoms with Gasteiger partial charge in [-0.25, -0.2) is 8.42 Å². The summed E-state index contributed by atoms with van der Waals surface area (Å²) in [5.74, 6) is 0.190. The van der Waals surface area contributed by atoms with Crippen molar-refractivity contribution < 1.29 is 8.42 Å². The molecule has 0 spiro atoms. The molecule has 0 aromatic heterocycles. The van der Waals surface area contributed by atoms with Crippen LogP contribution in [0.15, 0.2) is 18.2 Å². The summed E-state index contributed by atoms with van der Waals surface area (Å²) in [6.45, 7) is 0. The van der Waals surface area contributed by atoms with Gasteiger partial charge in [-0.15, -0.1) is 0 Å². The van der Waals surface area contributed by atoms with Crippen LogP contribution in [0, 0.1) is 0 Å². The van der Waals surface area contributed by atoms with Crippen molar-refractivity contribution >= 4 is 21.4 Å². The molecule has 1 heterocycles. The summed E-state index contributed by atoms with van der Waals surface area (Å²) in [6, 6.07) is 5.67. The minimum Gasteiger partial charge on any atom is -0.388 e. The highest BCUT2D eigenvalue weighted by Gasteiger charge is 2.27. The Labute approximate surface area is 90.0 Å². The van der Waals surface area contributed by atoms with E-state index in [4.69, 9.17) is 0 Å². The van der Waals surface area contributed by atoms with E-state index in [1.807, 2.05) is 25.2 Å². The van der Waals surface area contributed by atoms with Crippen LogP contribution in [-0.4, -0.2) is 28.3 Å². The average molecular weight is 226 g/mol. The molecule has 1 aliphatic heterocycles. The topological polar surface area (TPSA) is 49.4 Å². The van der Waals surface area contributed by atoms with Crippen molar-refractivity contribution in [2.75, 3.05) is 29.5 Å². The maximum atomic E-state index is 11.6. The monoisotopic (exact) mass is 226 g/mol. The number of nitrogens with one attached hydrogen (secondary N) is 1. The molecule has 0 bridgehead atoms. The molecule has 1 aliphatic rings. The average Bonchev–Trinajstić information content (AvgIpc) is 2.23. The van der Waals surface area contributed by atoms with Gasteiger partial charge in [0.15, 0.2) is 0 Å². The van der Waals surface area contributed by atoms with E-state index in [2.05, 4.69) is 5.32 Å². The summed E-state index contributed by atoms with van der Waals surface area (Å²) in [7, 11) is 0.356. The van der Waals surface area contributed by atoms with E-state index < -0.39 is 10.0 Å². The van der Waals surface area contributed by atoms with Crippen LogP contribution in [0.1, 0.15) is 5.56 Å². The van der Waals surface area contributed by atoms with Crippen molar-refractivity contribution in [2.45, 2.75) is 6.42 Å². The lowest BCUT2D eigenvalue weighted by atomic mass is 10.1. The molecule has 5 heteroatoms. The molecule has 0 atom stereocenters. The second-order valence-corrected chi connectivity index (χ2v) is 5.71. The van der Waals surface area contributed by atoms with Crippen LogP contribution in [0.2, 0.25) is 0 Å². The lowest BCUT2D eigenvalue weighted by Gasteiger charge is -2.28. The van der Waals surface area contributed by atoms with Gasteiger partial charge < -0.3 is 5.32 Å². The van der Waals surface area contributed by atoms with Crippen LogP contribution in [0.5, 0.6) is 0 Å². The third-order valence-corrected chi connectivity index (χ3v) is 4.54. The number of sulfonamides is 1. The van der Waals surface area contributed by atoms with Crippen LogP contribution in [0.4, 0.5) is 11.4 Å². The van der Waals surface area contributed by atoms with Gasteiger partial charge in [0.2, 0.25) is 10.0 Å². The second kappa shape index (κ2) is 3.41. The van der Waals surface area contributed by atoms with E-state index in [1.54, 1.807) is 7.05 Å². The fourth-order valence-corrected chi connectivity index (χ4v) is 3.09. The molecule has 0 radical (unpaired) electrons. The molecule has 0 unspecified atom stereocenters. The summed E-state index contributed by atoms with van der Waals surface area (Å²) < 4.78 is 24.7. The smallest absolute Gasteiger partial charge is 0.235 e. The lowest BCUT2D eigenvalue weighted by molar-refractivity contribution is 0.591. The van der Waals surface area contributed by atoms with Crippen molar-refractivity contribution in [3.8, 4) is 0 Å². The van der Waals surface area contributed by atoms with Gasteiger partial charge >= 0.3 is 0 Å². The highest BCUT2D eigenvalue weighted by Crippen LogP contribution is 2.32. The first kappa shape index (κ1) is 10.3. The van der Waals surface area contributed by atoms with Crippen molar-refractivity contribution in [3.05, 3.63) is 23.8 Å². The second-order valence-electron chi connectivity index (χ2n) is 3.59. The molecule has 0 saturated heterocycles. The fraction of sp³-hybridized carbons (Fsp3) is 0.400. The molecule has 0 saturated carbocycles. The Bertz CT molecular complexity index is 482. The molecular weight excluding hydrogens is 212 g/mol. The quantitative estimate of drug-likeness (QED) is 0.778. The number of nitrogens with zero attached hydrogens (tertiary/aromatic N) is 1. The first-order valence-electron chi connectivity index (χ1n) is 4.82. The summed E-state index contributed by atoms with van der Waals surface area (Å²) in [5, 5.41) is 3.08. The first-order valence-corrected chi connectivity index (χ1v) is 6.43. The zero-order chi connectivity index (χ0) is 11.1. The molecule has 1 aromatic carbocycles. The zero-order valence-corrected chi connectivity index (χ0v) is 9.63. The van der Waals surface area contributed by atoms with Crippen molar-refractivity contribution in [3.63, 3.8) is 0 Å². The first-order chi connectivity index (χ1) is 7.06. The molecule has 0 amide bonds.